The predicted octanol–water partition coefficient (Wildman–Crippen LogP) is 3.43. The van der Waals surface area contributed by atoms with Crippen molar-refractivity contribution in [2.75, 3.05) is 13.1 Å². The van der Waals surface area contributed by atoms with Gasteiger partial charge in [-0.05, 0) is 12.5 Å². The van der Waals surface area contributed by atoms with Crippen LogP contribution < -0.4 is 0 Å². The minimum Gasteiger partial charge on any atom is -0.475 e. The van der Waals surface area contributed by atoms with Crippen LogP contribution in [0.5, 0.6) is 0 Å². The van der Waals surface area contributed by atoms with Gasteiger partial charge in [-0.3, -0.25) is 4.90 Å². The molecule has 1 N–H and O–H groups in total. The van der Waals surface area contributed by atoms with Gasteiger partial charge >= 0.3 is 12.1 Å². The lowest BCUT2D eigenvalue weighted by molar-refractivity contribution is -0.192. The molecule has 11 heteroatoms. The van der Waals surface area contributed by atoms with Gasteiger partial charge in [0.05, 0.1) is 24.8 Å². The van der Waals surface area contributed by atoms with Crippen LogP contribution in [0.2, 0.25) is 0 Å². The van der Waals surface area contributed by atoms with Crippen LogP contribution in [0.1, 0.15) is 16.3 Å². The van der Waals surface area contributed by atoms with E-state index >= 15 is 0 Å². The molecule has 0 spiro atoms. The maximum atomic E-state index is 10.6. The van der Waals surface area contributed by atoms with Crippen molar-refractivity contribution in [2.45, 2.75) is 25.6 Å². The minimum absolute atomic E-state index is 0.917. The Labute approximate surface area is 167 Å². The van der Waals surface area contributed by atoms with Crippen LogP contribution in [0.4, 0.5) is 13.2 Å². The number of carbonyl (C=O) groups is 1. The first-order chi connectivity index (χ1) is 13.8. The van der Waals surface area contributed by atoms with E-state index in [1.807, 2.05) is 17.6 Å². The summed E-state index contributed by atoms with van der Waals surface area (Å²) in [6, 6.07) is 1.96. The third-order valence-corrected chi connectivity index (χ3v) is 5.02. The smallest absolute Gasteiger partial charge is 0.475 e. The number of aromatic nitrogens is 3. The Morgan fingerprint density at radius 2 is 2.00 bits per heavy atom. The highest BCUT2D eigenvalue weighted by molar-refractivity contribution is 7.09. The lowest BCUT2D eigenvalue weighted by atomic mass is 10.0. The second kappa shape index (κ2) is 9.14. The van der Waals surface area contributed by atoms with Crippen LogP contribution >= 0.6 is 11.3 Å². The molecule has 29 heavy (non-hydrogen) atoms. The van der Waals surface area contributed by atoms with Gasteiger partial charge < -0.3 is 9.52 Å². The number of fused-ring (bicyclic) bond motifs is 1. The number of hydrogen-bond donors (Lipinski definition) is 1. The van der Waals surface area contributed by atoms with Crippen LogP contribution in [0.3, 0.4) is 0 Å². The number of thiazole rings is 1. The number of rotatable bonds is 3. The Hall–Kier alpha value is -2.79. The molecule has 0 saturated heterocycles. The van der Waals surface area contributed by atoms with E-state index in [1.54, 1.807) is 30.2 Å². The first-order valence-corrected chi connectivity index (χ1v) is 9.48. The number of halogens is 3. The van der Waals surface area contributed by atoms with Crippen LogP contribution in [0.15, 0.2) is 40.9 Å². The van der Waals surface area contributed by atoms with Crippen LogP contribution in [-0.4, -0.2) is 50.2 Å². The molecule has 0 aliphatic carbocycles. The van der Waals surface area contributed by atoms with Crippen molar-refractivity contribution in [1.29, 1.82) is 0 Å². The summed E-state index contributed by atoms with van der Waals surface area (Å²) in [5.41, 5.74) is 4.46. The molecule has 0 aromatic carbocycles. The van der Waals surface area contributed by atoms with E-state index in [9.17, 15) is 13.2 Å². The zero-order valence-corrected chi connectivity index (χ0v) is 15.9. The van der Waals surface area contributed by atoms with Crippen molar-refractivity contribution in [3.05, 3.63) is 52.8 Å². The number of carboxylic acids is 1. The van der Waals surface area contributed by atoms with Crippen molar-refractivity contribution < 1.29 is 27.5 Å². The normalized spacial score (nSPS) is 14.4. The van der Waals surface area contributed by atoms with Crippen molar-refractivity contribution in [2.24, 2.45) is 0 Å². The van der Waals surface area contributed by atoms with E-state index in [1.165, 1.54) is 10.6 Å². The number of alkyl halides is 3. The van der Waals surface area contributed by atoms with E-state index in [0.717, 1.165) is 49.4 Å². The molecule has 0 bridgehead atoms. The van der Waals surface area contributed by atoms with Gasteiger partial charge in [0.15, 0.2) is 0 Å². The fourth-order valence-electron chi connectivity index (χ4n) is 2.90. The molecule has 4 heterocycles. The molecule has 1 aliphatic rings. The van der Waals surface area contributed by atoms with E-state index in [4.69, 9.17) is 14.3 Å². The molecular formula is C18H17F3N4O3S. The van der Waals surface area contributed by atoms with E-state index in [0.29, 0.717) is 0 Å². The van der Waals surface area contributed by atoms with E-state index < -0.39 is 12.1 Å². The Morgan fingerprint density at radius 3 is 2.62 bits per heavy atom. The summed E-state index contributed by atoms with van der Waals surface area (Å²) in [6.45, 7) is 2.93. The van der Waals surface area contributed by atoms with Crippen LogP contribution in [0.25, 0.3) is 11.3 Å². The van der Waals surface area contributed by atoms with Crippen LogP contribution in [-0.2, 0) is 24.2 Å². The summed E-state index contributed by atoms with van der Waals surface area (Å²) in [4.78, 5) is 24.7. The Morgan fingerprint density at radius 1 is 1.24 bits per heavy atom. The van der Waals surface area contributed by atoms with Gasteiger partial charge in [-0.15, -0.1) is 11.3 Å². The lowest BCUT2D eigenvalue weighted by Crippen LogP contribution is -2.25. The number of nitrogens with zero attached hydrogens (tertiary/aromatic N) is 4. The van der Waals surface area contributed by atoms with Gasteiger partial charge in [-0.1, -0.05) is 0 Å². The molecule has 0 unspecified atom stereocenters. The topological polar surface area (TPSA) is 92.3 Å². The fourth-order valence-corrected chi connectivity index (χ4v) is 3.56. The molecule has 0 atom stereocenters. The number of carboxylic acid groups (broad SMARTS) is 1. The summed E-state index contributed by atoms with van der Waals surface area (Å²) in [5, 5.41) is 10.3. The number of furan rings is 1. The maximum absolute atomic E-state index is 10.6. The van der Waals surface area contributed by atoms with E-state index in [2.05, 4.69) is 19.9 Å². The molecule has 3 aromatic rings. The zero-order chi connectivity index (χ0) is 20.9. The van der Waals surface area contributed by atoms with Crippen LogP contribution in [0, 0.1) is 0 Å². The molecule has 0 fully saturated rings. The quantitative estimate of drug-likeness (QED) is 0.686. The SMILES string of the molecule is O=C(O)C(F)(F)F.c1csc(CN2CCc3ncnc(-c4ccoc4)c3CC2)n1. The summed E-state index contributed by atoms with van der Waals surface area (Å²) >= 11 is 1.72. The average Bonchev–Trinajstić information content (AvgIpc) is 3.34. The number of hydrogen-bond acceptors (Lipinski definition) is 7. The molecule has 3 aromatic heterocycles. The summed E-state index contributed by atoms with van der Waals surface area (Å²) in [7, 11) is 0. The van der Waals surface area contributed by atoms with E-state index in [-0.39, 0.29) is 0 Å². The van der Waals surface area contributed by atoms with Gasteiger partial charge in [0.1, 0.15) is 11.3 Å². The molecule has 0 radical (unpaired) electrons. The largest absolute Gasteiger partial charge is 0.490 e. The summed E-state index contributed by atoms with van der Waals surface area (Å²) < 4.78 is 36.9. The maximum Gasteiger partial charge on any atom is 0.490 e. The second-order valence-electron chi connectivity index (χ2n) is 6.16. The monoisotopic (exact) mass is 426 g/mol. The third-order valence-electron chi connectivity index (χ3n) is 4.26. The summed E-state index contributed by atoms with van der Waals surface area (Å²) in [6.07, 6.45) is 3.80. The highest BCUT2D eigenvalue weighted by atomic mass is 32.1. The standard InChI is InChI=1S/C16H16N4OS.C2HF3O2/c1-5-20(9-15-17-4-8-22-15)6-2-14-13(1)16(19-11-18-14)12-3-7-21-10-12;3-2(4,5)1(6)7/h3-4,7-8,10-11H,1-2,5-6,9H2;(H,6,7). The minimum atomic E-state index is -5.08. The highest BCUT2D eigenvalue weighted by Gasteiger charge is 2.38. The average molecular weight is 426 g/mol. The number of aliphatic carboxylic acids is 1. The van der Waals surface area contributed by atoms with Crippen molar-refractivity contribution in [3.63, 3.8) is 0 Å². The first kappa shape index (κ1) is 20.9. The molecule has 0 amide bonds. The lowest BCUT2D eigenvalue weighted by Gasteiger charge is -2.17. The first-order valence-electron chi connectivity index (χ1n) is 8.60. The molecule has 1 aliphatic heterocycles. The Kier molecular flexibility index (Phi) is 6.60. The van der Waals surface area contributed by atoms with Gasteiger partial charge in [0.2, 0.25) is 0 Å². The predicted molar refractivity (Wildman–Crippen MR) is 98.2 cm³/mol. The third kappa shape index (κ3) is 5.61. The van der Waals surface area contributed by atoms with Crippen molar-refractivity contribution in [1.82, 2.24) is 19.9 Å². The molecule has 7 nitrogen and oxygen atoms in total. The van der Waals surface area contributed by atoms with Crippen molar-refractivity contribution >= 4 is 17.3 Å². The molecular weight excluding hydrogens is 409 g/mol. The fraction of sp³-hybridized carbons (Fsp3) is 0.333. The summed E-state index contributed by atoms with van der Waals surface area (Å²) in [5.74, 6) is -2.76. The van der Waals surface area contributed by atoms with Gasteiger partial charge in [0.25, 0.3) is 0 Å². The van der Waals surface area contributed by atoms with Crippen molar-refractivity contribution in [3.8, 4) is 11.3 Å². The van der Waals surface area contributed by atoms with Gasteiger partial charge in [0, 0.05) is 47.9 Å². The molecule has 0 saturated carbocycles. The highest BCUT2D eigenvalue weighted by Crippen LogP contribution is 2.26. The zero-order valence-electron chi connectivity index (χ0n) is 15.1. The molecule has 154 valence electrons. The Balaban J connectivity index is 0.000000298. The molecule has 4 rings (SSSR count). The van der Waals surface area contributed by atoms with Gasteiger partial charge in [-0.25, -0.2) is 19.7 Å². The Bertz CT molecular complexity index is 930. The van der Waals surface area contributed by atoms with Gasteiger partial charge in [-0.2, -0.15) is 13.2 Å². The second-order valence-corrected chi connectivity index (χ2v) is 7.14.